The number of hydrogen-bond donors (Lipinski definition) is 0. The largest absolute Gasteiger partial charge is 0.236 e. The average molecular weight is 409 g/mol. The Hall–Kier alpha value is 0.450. The third kappa shape index (κ3) is 3.76. The normalized spacial score (nSPS) is 20.7. The molecule has 1 aromatic rings. The van der Waals surface area contributed by atoms with Crippen LogP contribution < -0.4 is 0 Å². The van der Waals surface area contributed by atoms with E-state index in [1.807, 2.05) is 11.8 Å². The Kier molecular flexibility index (Phi) is 4.91. The Balaban J connectivity index is 1.66. The summed E-state index contributed by atoms with van der Waals surface area (Å²) in [6, 6.07) is 0. The van der Waals surface area contributed by atoms with Crippen LogP contribution in [0.15, 0.2) is 0 Å². The molecular formula is C14H18ClIN2S. The summed E-state index contributed by atoms with van der Waals surface area (Å²) in [5.41, 5.74) is 1.19. The fraction of sp³-hybridized carbons (Fsp3) is 0.714. The second-order valence-corrected chi connectivity index (χ2v) is 8.20. The van der Waals surface area contributed by atoms with Crippen molar-refractivity contribution in [3.05, 3.63) is 20.2 Å². The fourth-order valence-electron chi connectivity index (χ4n) is 2.60. The lowest BCUT2D eigenvalue weighted by Gasteiger charge is -2.20. The standard InChI is InChI=1S/C14H18ClIN2S/c15-14-12(16)13(9-6-7-9)17-11(18-14)8-19-10-4-2-1-3-5-10/h9-10H,1-8H2. The summed E-state index contributed by atoms with van der Waals surface area (Å²) in [4.78, 5) is 9.21. The van der Waals surface area contributed by atoms with Crippen LogP contribution in [0.4, 0.5) is 0 Å². The zero-order chi connectivity index (χ0) is 13.2. The summed E-state index contributed by atoms with van der Waals surface area (Å²) in [5, 5.41) is 1.46. The first-order valence-corrected chi connectivity index (χ1v) is 9.58. The van der Waals surface area contributed by atoms with Gasteiger partial charge in [-0.3, -0.25) is 0 Å². The number of halogens is 2. The van der Waals surface area contributed by atoms with Crippen molar-refractivity contribution in [2.75, 3.05) is 0 Å². The van der Waals surface area contributed by atoms with E-state index in [4.69, 9.17) is 16.6 Å². The molecule has 2 aliphatic rings. The lowest BCUT2D eigenvalue weighted by Crippen LogP contribution is -2.09. The molecule has 5 heteroatoms. The molecule has 0 aliphatic heterocycles. The zero-order valence-electron chi connectivity index (χ0n) is 10.9. The average Bonchev–Trinajstić information content (AvgIpc) is 3.25. The van der Waals surface area contributed by atoms with Gasteiger partial charge in [-0.25, -0.2) is 9.97 Å². The minimum absolute atomic E-state index is 0.644. The van der Waals surface area contributed by atoms with Gasteiger partial charge >= 0.3 is 0 Å². The summed E-state index contributed by atoms with van der Waals surface area (Å²) in [7, 11) is 0. The first-order chi connectivity index (χ1) is 9.24. The van der Waals surface area contributed by atoms with Crippen LogP contribution in [0.5, 0.6) is 0 Å². The van der Waals surface area contributed by atoms with Gasteiger partial charge in [0.2, 0.25) is 0 Å². The molecule has 0 aromatic carbocycles. The van der Waals surface area contributed by atoms with Gasteiger partial charge in [0, 0.05) is 11.2 Å². The van der Waals surface area contributed by atoms with Gasteiger partial charge in [0.15, 0.2) is 0 Å². The van der Waals surface area contributed by atoms with Crippen molar-refractivity contribution in [2.45, 2.75) is 61.9 Å². The van der Waals surface area contributed by atoms with Gasteiger partial charge in [0.25, 0.3) is 0 Å². The lowest BCUT2D eigenvalue weighted by molar-refractivity contribution is 0.516. The predicted octanol–water partition coefficient (Wildman–Crippen LogP) is 5.18. The van der Waals surface area contributed by atoms with Crippen molar-refractivity contribution in [1.82, 2.24) is 9.97 Å². The van der Waals surface area contributed by atoms with E-state index in [1.54, 1.807) is 0 Å². The van der Waals surface area contributed by atoms with Crippen molar-refractivity contribution < 1.29 is 0 Å². The molecule has 2 fully saturated rings. The molecule has 1 aromatic heterocycles. The summed E-state index contributed by atoms with van der Waals surface area (Å²) in [5.74, 6) is 2.50. The smallest absolute Gasteiger partial charge is 0.146 e. The highest BCUT2D eigenvalue weighted by atomic mass is 127. The van der Waals surface area contributed by atoms with E-state index < -0.39 is 0 Å². The maximum atomic E-state index is 6.24. The lowest BCUT2D eigenvalue weighted by atomic mass is 10.0. The minimum atomic E-state index is 0.644. The monoisotopic (exact) mass is 408 g/mol. The minimum Gasteiger partial charge on any atom is -0.236 e. The summed E-state index contributed by atoms with van der Waals surface area (Å²) in [6.45, 7) is 0. The Morgan fingerprint density at radius 2 is 1.84 bits per heavy atom. The molecule has 3 rings (SSSR count). The van der Waals surface area contributed by atoms with Crippen LogP contribution in [0, 0.1) is 3.57 Å². The van der Waals surface area contributed by atoms with Crippen LogP contribution in [0.3, 0.4) is 0 Å². The molecule has 0 N–H and O–H groups in total. The van der Waals surface area contributed by atoms with Gasteiger partial charge in [-0.15, -0.1) is 0 Å². The fourth-order valence-corrected chi connectivity index (χ4v) is 4.65. The Morgan fingerprint density at radius 3 is 2.53 bits per heavy atom. The second-order valence-electron chi connectivity index (χ2n) is 5.48. The molecule has 2 nitrogen and oxygen atoms in total. The molecular weight excluding hydrogens is 391 g/mol. The van der Waals surface area contributed by atoms with E-state index >= 15 is 0 Å². The molecule has 0 atom stereocenters. The Morgan fingerprint density at radius 1 is 1.11 bits per heavy atom. The molecule has 0 saturated heterocycles. The molecule has 104 valence electrons. The van der Waals surface area contributed by atoms with Crippen molar-refractivity contribution in [1.29, 1.82) is 0 Å². The number of aromatic nitrogens is 2. The van der Waals surface area contributed by atoms with Crippen molar-refractivity contribution >= 4 is 46.0 Å². The molecule has 0 radical (unpaired) electrons. The summed E-state index contributed by atoms with van der Waals surface area (Å²) in [6.07, 6.45) is 9.43. The first kappa shape index (κ1) is 14.4. The maximum Gasteiger partial charge on any atom is 0.146 e. The van der Waals surface area contributed by atoms with E-state index in [0.29, 0.717) is 11.1 Å². The maximum absolute atomic E-state index is 6.24. The van der Waals surface area contributed by atoms with Gasteiger partial charge in [0.1, 0.15) is 11.0 Å². The number of rotatable bonds is 4. The molecule has 1 heterocycles. The van der Waals surface area contributed by atoms with Crippen LogP contribution >= 0.6 is 46.0 Å². The molecule has 2 saturated carbocycles. The Bertz CT molecular complexity index is 459. The number of hydrogen-bond acceptors (Lipinski definition) is 3. The second kappa shape index (κ2) is 6.48. The van der Waals surface area contributed by atoms with Crippen molar-refractivity contribution in [2.24, 2.45) is 0 Å². The van der Waals surface area contributed by atoms with Gasteiger partial charge in [-0.05, 0) is 48.3 Å². The van der Waals surface area contributed by atoms with Gasteiger partial charge in [0.05, 0.1) is 15.0 Å². The highest BCUT2D eigenvalue weighted by Crippen LogP contribution is 2.42. The highest BCUT2D eigenvalue weighted by molar-refractivity contribution is 14.1. The van der Waals surface area contributed by atoms with Crippen molar-refractivity contribution in [3.8, 4) is 0 Å². The van der Waals surface area contributed by atoms with Crippen LogP contribution in [0.25, 0.3) is 0 Å². The van der Waals surface area contributed by atoms with E-state index in [9.17, 15) is 0 Å². The molecule has 0 spiro atoms. The molecule has 19 heavy (non-hydrogen) atoms. The third-order valence-corrected chi connectivity index (χ3v) is 6.87. The van der Waals surface area contributed by atoms with Gasteiger partial charge in [-0.2, -0.15) is 11.8 Å². The first-order valence-electron chi connectivity index (χ1n) is 7.07. The SMILES string of the molecule is Clc1nc(CSC2CCCCC2)nc(C2CC2)c1I. The summed E-state index contributed by atoms with van der Waals surface area (Å²) >= 11 is 10.5. The third-order valence-electron chi connectivity index (χ3n) is 3.85. The van der Waals surface area contributed by atoms with Crippen LogP contribution in [0.1, 0.15) is 62.4 Å². The van der Waals surface area contributed by atoms with E-state index in [0.717, 1.165) is 20.4 Å². The van der Waals surface area contributed by atoms with Gasteiger partial charge < -0.3 is 0 Å². The molecule has 2 aliphatic carbocycles. The van der Waals surface area contributed by atoms with E-state index in [1.165, 1.54) is 50.6 Å². The summed E-state index contributed by atoms with van der Waals surface area (Å²) < 4.78 is 1.06. The van der Waals surface area contributed by atoms with Crippen LogP contribution in [-0.2, 0) is 5.75 Å². The van der Waals surface area contributed by atoms with Crippen molar-refractivity contribution in [3.63, 3.8) is 0 Å². The van der Waals surface area contributed by atoms with Gasteiger partial charge in [-0.1, -0.05) is 30.9 Å². The number of nitrogens with zero attached hydrogens (tertiary/aromatic N) is 2. The number of thioether (sulfide) groups is 1. The highest BCUT2D eigenvalue weighted by Gasteiger charge is 2.29. The zero-order valence-corrected chi connectivity index (χ0v) is 14.6. The molecule has 0 bridgehead atoms. The predicted molar refractivity (Wildman–Crippen MR) is 89.9 cm³/mol. The molecule has 0 amide bonds. The quantitative estimate of drug-likeness (QED) is 0.507. The molecule has 0 unspecified atom stereocenters. The van der Waals surface area contributed by atoms with E-state index in [2.05, 4.69) is 27.6 Å². The topological polar surface area (TPSA) is 25.8 Å². The van der Waals surface area contributed by atoms with Crippen LogP contribution in [-0.4, -0.2) is 15.2 Å². The Labute approximate surface area is 137 Å². The van der Waals surface area contributed by atoms with Crippen LogP contribution in [0.2, 0.25) is 5.15 Å². The van der Waals surface area contributed by atoms with E-state index in [-0.39, 0.29) is 0 Å².